The first kappa shape index (κ1) is 18.9. The predicted octanol–water partition coefficient (Wildman–Crippen LogP) is 3.72. The zero-order chi connectivity index (χ0) is 20.2. The van der Waals surface area contributed by atoms with Crippen LogP contribution in [-0.2, 0) is 4.79 Å². The summed E-state index contributed by atoms with van der Waals surface area (Å²) in [6, 6.07) is 15.7. The first-order chi connectivity index (χ1) is 14.1. The highest BCUT2D eigenvalue weighted by Crippen LogP contribution is 2.25. The Morgan fingerprint density at radius 2 is 1.97 bits per heavy atom. The molecule has 1 amide bonds. The van der Waals surface area contributed by atoms with Crippen LogP contribution >= 0.6 is 0 Å². The molecule has 2 aromatic carbocycles. The number of hydrogen-bond acceptors (Lipinski definition) is 5. The zero-order valence-corrected chi connectivity index (χ0v) is 15.9. The molecule has 1 aliphatic heterocycles. The molecule has 0 saturated carbocycles. The van der Waals surface area contributed by atoms with E-state index in [2.05, 4.69) is 20.2 Å². The number of halogens is 1. The van der Waals surface area contributed by atoms with Gasteiger partial charge >= 0.3 is 0 Å². The number of aromatic nitrogens is 2. The van der Waals surface area contributed by atoms with Crippen LogP contribution in [0.5, 0.6) is 0 Å². The van der Waals surface area contributed by atoms with Gasteiger partial charge in [0.05, 0.1) is 5.92 Å². The van der Waals surface area contributed by atoms with Crippen LogP contribution in [0.4, 0.5) is 21.8 Å². The van der Waals surface area contributed by atoms with Crippen LogP contribution in [0.1, 0.15) is 12.8 Å². The third kappa shape index (κ3) is 4.51. The molecule has 7 heteroatoms. The number of nitrogens with zero attached hydrogens (tertiary/aromatic N) is 3. The number of amides is 1. The summed E-state index contributed by atoms with van der Waals surface area (Å²) in [5, 5.41) is 2.99. The van der Waals surface area contributed by atoms with Crippen molar-refractivity contribution in [2.75, 3.05) is 29.0 Å². The van der Waals surface area contributed by atoms with Crippen LogP contribution in [0, 0.1) is 11.7 Å². The fourth-order valence-corrected chi connectivity index (χ4v) is 3.60. The van der Waals surface area contributed by atoms with E-state index >= 15 is 0 Å². The Balaban J connectivity index is 1.41. The molecule has 1 saturated heterocycles. The summed E-state index contributed by atoms with van der Waals surface area (Å²) in [4.78, 5) is 23.0. The molecular formula is C22H22FN5O. The van der Waals surface area contributed by atoms with Crippen LogP contribution in [0.2, 0.25) is 0 Å². The van der Waals surface area contributed by atoms with E-state index in [1.54, 1.807) is 12.3 Å². The summed E-state index contributed by atoms with van der Waals surface area (Å²) >= 11 is 0. The van der Waals surface area contributed by atoms with E-state index < -0.39 is 0 Å². The second-order valence-electron chi connectivity index (χ2n) is 7.14. The first-order valence-electron chi connectivity index (χ1n) is 9.59. The highest BCUT2D eigenvalue weighted by Gasteiger charge is 2.26. The van der Waals surface area contributed by atoms with Gasteiger partial charge in [0.1, 0.15) is 11.6 Å². The van der Waals surface area contributed by atoms with Crippen molar-refractivity contribution in [1.29, 1.82) is 0 Å². The van der Waals surface area contributed by atoms with Crippen molar-refractivity contribution in [3.8, 4) is 11.1 Å². The number of benzene rings is 2. The number of piperidine rings is 1. The molecule has 148 valence electrons. The lowest BCUT2D eigenvalue weighted by molar-refractivity contribution is -0.120. The number of carbonyl (C=O) groups is 1. The van der Waals surface area contributed by atoms with Crippen molar-refractivity contribution in [3.63, 3.8) is 0 Å². The lowest BCUT2D eigenvalue weighted by Crippen LogP contribution is -2.41. The Hall–Kier alpha value is -3.48. The molecule has 0 unspecified atom stereocenters. The monoisotopic (exact) mass is 391 g/mol. The molecule has 2 heterocycles. The molecule has 6 nitrogen and oxygen atoms in total. The van der Waals surface area contributed by atoms with Crippen LogP contribution in [0.3, 0.4) is 0 Å². The van der Waals surface area contributed by atoms with E-state index in [0.717, 1.165) is 42.0 Å². The quantitative estimate of drug-likeness (QED) is 0.708. The average molecular weight is 391 g/mol. The van der Waals surface area contributed by atoms with Gasteiger partial charge in [-0.3, -0.25) is 4.79 Å². The molecule has 1 atom stereocenters. The molecular weight excluding hydrogens is 369 g/mol. The van der Waals surface area contributed by atoms with Crippen molar-refractivity contribution in [2.24, 2.45) is 5.92 Å². The maximum atomic E-state index is 13.4. The van der Waals surface area contributed by atoms with Crippen LogP contribution in [0.25, 0.3) is 11.1 Å². The summed E-state index contributed by atoms with van der Waals surface area (Å²) < 4.78 is 13.4. The molecule has 0 aliphatic carbocycles. The molecule has 1 fully saturated rings. The number of hydrogen-bond donors (Lipinski definition) is 2. The molecule has 1 aliphatic rings. The first-order valence-corrected chi connectivity index (χ1v) is 9.59. The van der Waals surface area contributed by atoms with Crippen molar-refractivity contribution in [3.05, 3.63) is 66.6 Å². The number of nitrogen functional groups attached to an aromatic ring is 1. The smallest absolute Gasteiger partial charge is 0.229 e. The van der Waals surface area contributed by atoms with Gasteiger partial charge in [0.25, 0.3) is 0 Å². The second-order valence-corrected chi connectivity index (χ2v) is 7.14. The highest BCUT2D eigenvalue weighted by atomic mass is 19.1. The standard InChI is InChI=1S/C22H22FN5O/c23-18-5-1-3-16(13-18)15-6-8-19(9-7-15)26-21(29)17-4-2-12-28(14-17)20-10-11-25-22(24)27-20/h1,3,5-11,13,17H,2,4,12,14H2,(H,26,29)(H2,24,25,27)/t17-/m1/s1. The summed E-state index contributed by atoms with van der Waals surface area (Å²) in [5.41, 5.74) is 8.09. The van der Waals surface area contributed by atoms with Gasteiger partial charge in [0.2, 0.25) is 11.9 Å². The molecule has 3 aromatic rings. The lowest BCUT2D eigenvalue weighted by atomic mass is 9.97. The molecule has 29 heavy (non-hydrogen) atoms. The third-order valence-electron chi connectivity index (χ3n) is 5.09. The topological polar surface area (TPSA) is 84.1 Å². The zero-order valence-electron chi connectivity index (χ0n) is 15.9. The minimum atomic E-state index is -0.271. The van der Waals surface area contributed by atoms with Crippen molar-refractivity contribution >= 4 is 23.4 Å². The third-order valence-corrected chi connectivity index (χ3v) is 5.09. The Bertz CT molecular complexity index is 1010. The van der Waals surface area contributed by atoms with E-state index in [4.69, 9.17) is 5.73 Å². The van der Waals surface area contributed by atoms with E-state index in [-0.39, 0.29) is 23.6 Å². The summed E-state index contributed by atoms with van der Waals surface area (Å²) in [5.74, 6) is 0.548. The molecule has 1 aromatic heterocycles. The fourth-order valence-electron chi connectivity index (χ4n) is 3.60. The van der Waals surface area contributed by atoms with E-state index in [9.17, 15) is 9.18 Å². The Morgan fingerprint density at radius 1 is 1.14 bits per heavy atom. The minimum Gasteiger partial charge on any atom is -0.368 e. The van der Waals surface area contributed by atoms with Gasteiger partial charge in [-0.2, -0.15) is 4.98 Å². The Kier molecular flexibility index (Phi) is 5.37. The number of carbonyl (C=O) groups excluding carboxylic acids is 1. The second kappa shape index (κ2) is 8.26. The fraction of sp³-hybridized carbons (Fsp3) is 0.227. The van der Waals surface area contributed by atoms with Gasteiger partial charge in [0.15, 0.2) is 0 Å². The maximum absolute atomic E-state index is 13.4. The largest absolute Gasteiger partial charge is 0.368 e. The number of nitrogens with two attached hydrogens (primary N) is 1. The van der Waals surface area contributed by atoms with E-state index in [0.29, 0.717) is 6.54 Å². The summed E-state index contributed by atoms with van der Waals surface area (Å²) in [6.07, 6.45) is 3.35. The normalized spacial score (nSPS) is 16.4. The van der Waals surface area contributed by atoms with Gasteiger partial charge in [-0.15, -0.1) is 0 Å². The maximum Gasteiger partial charge on any atom is 0.229 e. The molecule has 0 bridgehead atoms. The highest BCUT2D eigenvalue weighted by molar-refractivity contribution is 5.93. The van der Waals surface area contributed by atoms with Crippen LogP contribution < -0.4 is 16.0 Å². The summed E-state index contributed by atoms with van der Waals surface area (Å²) in [7, 11) is 0. The van der Waals surface area contributed by atoms with Gasteiger partial charge in [-0.1, -0.05) is 24.3 Å². The predicted molar refractivity (Wildman–Crippen MR) is 112 cm³/mol. The molecule has 0 radical (unpaired) electrons. The molecule has 3 N–H and O–H groups in total. The number of rotatable bonds is 4. The average Bonchev–Trinajstić information content (AvgIpc) is 2.74. The van der Waals surface area contributed by atoms with Crippen molar-refractivity contribution in [1.82, 2.24) is 9.97 Å². The Morgan fingerprint density at radius 3 is 2.72 bits per heavy atom. The van der Waals surface area contributed by atoms with Crippen LogP contribution in [0.15, 0.2) is 60.8 Å². The number of nitrogens with one attached hydrogen (secondary N) is 1. The Labute approximate surface area is 168 Å². The number of anilines is 3. The minimum absolute atomic E-state index is 0.0183. The van der Waals surface area contributed by atoms with Gasteiger partial charge in [0, 0.05) is 25.0 Å². The molecule has 0 spiro atoms. The van der Waals surface area contributed by atoms with E-state index in [1.807, 2.05) is 36.4 Å². The van der Waals surface area contributed by atoms with Crippen molar-refractivity contribution < 1.29 is 9.18 Å². The lowest BCUT2D eigenvalue weighted by Gasteiger charge is -2.32. The van der Waals surface area contributed by atoms with Gasteiger partial charge in [-0.05, 0) is 54.3 Å². The van der Waals surface area contributed by atoms with Crippen molar-refractivity contribution in [2.45, 2.75) is 12.8 Å². The SMILES string of the molecule is Nc1nccc(N2CCC[C@@H](C(=O)Nc3ccc(-c4cccc(F)c4)cc3)C2)n1. The van der Waals surface area contributed by atoms with Gasteiger partial charge < -0.3 is 16.0 Å². The van der Waals surface area contributed by atoms with Crippen LogP contribution in [-0.4, -0.2) is 29.0 Å². The summed E-state index contributed by atoms with van der Waals surface area (Å²) in [6.45, 7) is 1.42. The van der Waals surface area contributed by atoms with Gasteiger partial charge in [-0.25, -0.2) is 9.37 Å². The molecule has 4 rings (SSSR count). The van der Waals surface area contributed by atoms with E-state index in [1.165, 1.54) is 12.1 Å².